The summed E-state index contributed by atoms with van der Waals surface area (Å²) in [6.07, 6.45) is 0. The Morgan fingerprint density at radius 2 is 1.89 bits per heavy atom. The van der Waals surface area contributed by atoms with Gasteiger partial charge in [0.05, 0.1) is 0 Å². The van der Waals surface area contributed by atoms with Gasteiger partial charge in [0.1, 0.15) is 0 Å². The molecule has 0 spiro atoms. The van der Waals surface area contributed by atoms with Crippen molar-refractivity contribution in [2.45, 2.75) is 4.44 Å². The third-order valence-corrected chi connectivity index (χ3v) is 4.10. The van der Waals surface area contributed by atoms with Crippen LogP contribution in [-0.4, -0.2) is 19.2 Å². The molecule has 0 atom stereocenters. The first-order valence-corrected chi connectivity index (χ1v) is 9.75. The van der Waals surface area contributed by atoms with Gasteiger partial charge in [-0.1, -0.05) is 0 Å². The molecule has 1 aromatic rings. The Morgan fingerprint density at radius 1 is 1.22 bits per heavy atom. The molecular formula is C7H8SSn. The van der Waals surface area contributed by atoms with E-state index in [9.17, 15) is 0 Å². The molecule has 0 aliphatic carbocycles. The molecule has 0 bridgehead atoms. The summed E-state index contributed by atoms with van der Waals surface area (Å²) in [6.45, 7) is 0. The molecule has 0 saturated carbocycles. The van der Waals surface area contributed by atoms with Crippen LogP contribution < -0.4 is 0 Å². The van der Waals surface area contributed by atoms with E-state index in [1.165, 1.54) is 10.0 Å². The van der Waals surface area contributed by atoms with Gasteiger partial charge in [-0.3, -0.25) is 0 Å². The first-order valence-electron chi connectivity index (χ1n) is 2.91. The Hall–Kier alpha value is 0.239. The van der Waals surface area contributed by atoms with E-state index in [0.29, 0.717) is 0 Å². The first-order chi connectivity index (χ1) is 4.43. The second kappa shape index (κ2) is 4.12. The molecule has 0 nitrogen and oxygen atoms in total. The van der Waals surface area contributed by atoms with Gasteiger partial charge in [0.25, 0.3) is 0 Å². The Labute approximate surface area is 68.7 Å². The summed E-state index contributed by atoms with van der Waals surface area (Å²) in [5, 5.41) is 0. The van der Waals surface area contributed by atoms with Gasteiger partial charge in [0.2, 0.25) is 0 Å². The number of hydrogen-bond acceptors (Lipinski definition) is 1. The third kappa shape index (κ3) is 2.54. The van der Waals surface area contributed by atoms with Crippen LogP contribution in [0, 0.1) is 0 Å². The van der Waals surface area contributed by atoms with Crippen molar-refractivity contribution in [1.29, 1.82) is 0 Å². The minimum absolute atomic E-state index is 0.578. The quantitative estimate of drug-likeness (QED) is 0.713. The first kappa shape index (κ1) is 7.35. The molecule has 0 amide bonds. The number of rotatable bonds is 2. The van der Waals surface area contributed by atoms with Crippen LogP contribution in [0.15, 0.2) is 30.3 Å². The Balaban J connectivity index is 2.72. The Bertz CT molecular complexity index is 183. The molecule has 0 N–H and O–H groups in total. The number of benzene rings is 1. The van der Waals surface area contributed by atoms with Gasteiger partial charge < -0.3 is 0 Å². The van der Waals surface area contributed by atoms with Gasteiger partial charge in [-0.05, 0) is 0 Å². The van der Waals surface area contributed by atoms with Crippen LogP contribution in [0.2, 0.25) is 0 Å². The molecule has 0 fully saturated rings. The van der Waals surface area contributed by atoms with Crippen molar-refractivity contribution in [3.63, 3.8) is 0 Å². The van der Waals surface area contributed by atoms with Gasteiger partial charge in [-0.25, -0.2) is 0 Å². The Kier molecular flexibility index (Phi) is 3.36. The normalized spacial score (nSPS) is 8.89. The molecule has 0 aromatic heterocycles. The zero-order chi connectivity index (χ0) is 6.53. The Morgan fingerprint density at radius 3 is 2.44 bits per heavy atom. The van der Waals surface area contributed by atoms with E-state index in [-0.39, 0.29) is 0 Å². The van der Waals surface area contributed by atoms with E-state index in [2.05, 4.69) is 24.3 Å². The molecule has 9 heavy (non-hydrogen) atoms. The second-order valence-electron chi connectivity index (χ2n) is 1.86. The minimum atomic E-state index is -0.578. The SMILES string of the molecule is [S]=[SnH][CH2]c1ccccc1. The molecule has 1 rings (SSSR count). The van der Waals surface area contributed by atoms with Crippen LogP contribution >= 0.6 is 9.29 Å². The maximum absolute atomic E-state index is 5.02. The summed E-state index contributed by atoms with van der Waals surface area (Å²) in [6, 6.07) is 10.5. The van der Waals surface area contributed by atoms with Gasteiger partial charge in [0.15, 0.2) is 0 Å². The fourth-order valence-corrected chi connectivity index (χ4v) is 3.33. The standard InChI is InChI=1S/C7H7.S.Sn.H/c1-7-5-3-2-4-6-7;;;/h2-6H,1H2;;;. The monoisotopic (exact) mass is 244 g/mol. The van der Waals surface area contributed by atoms with E-state index in [1.807, 2.05) is 6.07 Å². The molecule has 0 heterocycles. The van der Waals surface area contributed by atoms with Crippen LogP contribution in [0.1, 0.15) is 5.56 Å². The molecule has 0 aliphatic rings. The molecule has 0 saturated heterocycles. The van der Waals surface area contributed by atoms with Crippen molar-refractivity contribution in [3.05, 3.63) is 35.9 Å². The summed E-state index contributed by atoms with van der Waals surface area (Å²) in [7, 11) is 5.02. The van der Waals surface area contributed by atoms with Crippen LogP contribution in [0.5, 0.6) is 0 Å². The van der Waals surface area contributed by atoms with Crippen molar-refractivity contribution in [2.75, 3.05) is 0 Å². The molecule has 2 heteroatoms. The zero-order valence-electron chi connectivity index (χ0n) is 5.08. The van der Waals surface area contributed by atoms with Crippen LogP contribution in [0.3, 0.4) is 0 Å². The van der Waals surface area contributed by atoms with E-state index in [4.69, 9.17) is 9.29 Å². The second-order valence-corrected chi connectivity index (χ2v) is 6.21. The maximum atomic E-state index is 5.02. The van der Waals surface area contributed by atoms with Gasteiger partial charge in [-0.15, -0.1) is 0 Å². The fourth-order valence-electron chi connectivity index (χ4n) is 0.710. The van der Waals surface area contributed by atoms with Crippen molar-refractivity contribution in [2.24, 2.45) is 0 Å². The molecule has 0 aliphatic heterocycles. The summed E-state index contributed by atoms with van der Waals surface area (Å²) >= 11 is -0.578. The van der Waals surface area contributed by atoms with Gasteiger partial charge >= 0.3 is 68.8 Å². The molecule has 0 unspecified atom stereocenters. The van der Waals surface area contributed by atoms with Gasteiger partial charge in [0, 0.05) is 0 Å². The van der Waals surface area contributed by atoms with Gasteiger partial charge in [-0.2, -0.15) is 0 Å². The molecule has 0 radical (unpaired) electrons. The average Bonchev–Trinajstić information content (AvgIpc) is 1.91. The van der Waals surface area contributed by atoms with Crippen LogP contribution in [0.4, 0.5) is 0 Å². The molecule has 1 aromatic carbocycles. The zero-order valence-corrected chi connectivity index (χ0v) is 9.19. The van der Waals surface area contributed by atoms with E-state index in [0.717, 1.165) is 0 Å². The number of hydrogen-bond donors (Lipinski definition) is 0. The predicted octanol–water partition coefficient (Wildman–Crippen LogP) is 1.74. The summed E-state index contributed by atoms with van der Waals surface area (Å²) in [5.41, 5.74) is 1.42. The van der Waals surface area contributed by atoms with E-state index in [1.54, 1.807) is 0 Å². The molecular weight excluding hydrogens is 235 g/mol. The average molecular weight is 243 g/mol. The molecule has 46 valence electrons. The van der Waals surface area contributed by atoms with Crippen molar-refractivity contribution in [3.8, 4) is 0 Å². The van der Waals surface area contributed by atoms with Crippen molar-refractivity contribution >= 4 is 28.5 Å². The van der Waals surface area contributed by atoms with Crippen LogP contribution in [-0.2, 0) is 4.44 Å². The van der Waals surface area contributed by atoms with Crippen molar-refractivity contribution < 1.29 is 0 Å². The fraction of sp³-hybridized carbons (Fsp3) is 0.143. The predicted molar refractivity (Wildman–Crippen MR) is 44.9 cm³/mol. The van der Waals surface area contributed by atoms with E-state index < -0.39 is 19.2 Å². The van der Waals surface area contributed by atoms with E-state index >= 15 is 0 Å². The third-order valence-electron chi connectivity index (χ3n) is 1.16. The summed E-state index contributed by atoms with van der Waals surface area (Å²) in [4.78, 5) is 0. The van der Waals surface area contributed by atoms with Crippen molar-refractivity contribution in [1.82, 2.24) is 0 Å². The topological polar surface area (TPSA) is 0 Å². The summed E-state index contributed by atoms with van der Waals surface area (Å²) < 4.78 is 1.21. The summed E-state index contributed by atoms with van der Waals surface area (Å²) in [5.74, 6) is 0. The van der Waals surface area contributed by atoms with Crippen LogP contribution in [0.25, 0.3) is 0 Å².